The van der Waals surface area contributed by atoms with Crippen LogP contribution in [-0.2, 0) is 16.3 Å². The zero-order valence-electron chi connectivity index (χ0n) is 12.4. The first-order chi connectivity index (χ1) is 9.26. The first-order valence-corrected chi connectivity index (χ1v) is 9.77. The van der Waals surface area contributed by atoms with Crippen molar-refractivity contribution in [3.8, 4) is 0 Å². The number of hydrogen-bond donors (Lipinski definition) is 1. The maximum Gasteiger partial charge on any atom is 0.147 e. The predicted molar refractivity (Wildman–Crippen MR) is 88.8 cm³/mol. The second kappa shape index (κ2) is 8.15. The lowest BCUT2D eigenvalue weighted by Crippen LogP contribution is -2.31. The average molecular weight is 362 g/mol. The Bertz CT molecular complexity index is 514. The summed E-state index contributed by atoms with van der Waals surface area (Å²) in [6.07, 6.45) is 2.90. The van der Waals surface area contributed by atoms with Crippen LogP contribution < -0.4 is 5.32 Å². The Balaban J connectivity index is 2.66. The lowest BCUT2D eigenvalue weighted by molar-refractivity contribution is 0.435. The third-order valence-electron chi connectivity index (χ3n) is 3.13. The van der Waals surface area contributed by atoms with Gasteiger partial charge in [0.15, 0.2) is 0 Å². The van der Waals surface area contributed by atoms with E-state index in [0.717, 1.165) is 17.4 Å². The van der Waals surface area contributed by atoms with E-state index in [1.807, 2.05) is 12.1 Å². The Hall–Kier alpha value is -0.390. The first-order valence-electron chi connectivity index (χ1n) is 6.92. The summed E-state index contributed by atoms with van der Waals surface area (Å²) in [5.41, 5.74) is 1.24. The predicted octanol–water partition coefficient (Wildman–Crippen LogP) is 3.04. The highest BCUT2D eigenvalue weighted by atomic mass is 79.9. The minimum atomic E-state index is -2.90. The van der Waals surface area contributed by atoms with Crippen molar-refractivity contribution in [2.75, 3.05) is 18.6 Å². The number of rotatable bonds is 8. The molecule has 0 aliphatic heterocycles. The van der Waals surface area contributed by atoms with Gasteiger partial charge in [-0.05, 0) is 43.0 Å². The van der Waals surface area contributed by atoms with Gasteiger partial charge in [-0.1, -0.05) is 41.9 Å². The van der Waals surface area contributed by atoms with E-state index >= 15 is 0 Å². The molecular formula is C15H24BrNO2S. The van der Waals surface area contributed by atoms with Gasteiger partial charge < -0.3 is 5.32 Å². The molecule has 20 heavy (non-hydrogen) atoms. The number of halogens is 1. The minimum Gasteiger partial charge on any atom is -0.314 e. The van der Waals surface area contributed by atoms with E-state index in [2.05, 4.69) is 47.2 Å². The van der Waals surface area contributed by atoms with Gasteiger partial charge in [0.05, 0.1) is 5.75 Å². The molecule has 0 radical (unpaired) electrons. The van der Waals surface area contributed by atoms with Crippen molar-refractivity contribution >= 4 is 25.8 Å². The van der Waals surface area contributed by atoms with Gasteiger partial charge in [-0.15, -0.1) is 0 Å². The summed E-state index contributed by atoms with van der Waals surface area (Å²) in [7, 11) is -2.90. The fraction of sp³-hybridized carbons (Fsp3) is 0.600. The van der Waals surface area contributed by atoms with E-state index in [1.165, 1.54) is 11.8 Å². The molecule has 5 heteroatoms. The van der Waals surface area contributed by atoms with Crippen LogP contribution in [0.25, 0.3) is 0 Å². The molecule has 1 aromatic rings. The van der Waals surface area contributed by atoms with E-state index < -0.39 is 9.84 Å². The van der Waals surface area contributed by atoms with E-state index in [9.17, 15) is 8.42 Å². The minimum absolute atomic E-state index is 0.255. The first kappa shape index (κ1) is 17.7. The monoisotopic (exact) mass is 361 g/mol. The van der Waals surface area contributed by atoms with Crippen LogP contribution in [0.15, 0.2) is 28.7 Å². The van der Waals surface area contributed by atoms with Crippen molar-refractivity contribution in [3.05, 3.63) is 34.3 Å². The van der Waals surface area contributed by atoms with Crippen molar-refractivity contribution in [2.24, 2.45) is 5.92 Å². The maximum atomic E-state index is 11.4. The van der Waals surface area contributed by atoms with E-state index in [1.54, 1.807) is 0 Å². The largest absolute Gasteiger partial charge is 0.314 e. The molecule has 0 amide bonds. The highest BCUT2D eigenvalue weighted by molar-refractivity contribution is 9.10. The molecule has 0 saturated carbocycles. The smallest absolute Gasteiger partial charge is 0.147 e. The van der Waals surface area contributed by atoms with Crippen LogP contribution in [0.2, 0.25) is 0 Å². The molecule has 3 nitrogen and oxygen atoms in total. The van der Waals surface area contributed by atoms with E-state index in [0.29, 0.717) is 18.4 Å². The Morgan fingerprint density at radius 2 is 2.00 bits per heavy atom. The van der Waals surface area contributed by atoms with Crippen molar-refractivity contribution < 1.29 is 8.42 Å². The van der Waals surface area contributed by atoms with Gasteiger partial charge in [-0.2, -0.15) is 0 Å². The standard InChI is InChI=1S/C15H24BrNO2S/c1-12(2)17-11-14(7-8-20(3,18)19)9-13-5-4-6-15(16)10-13/h4-6,10,12,14,17H,7-9,11H2,1-3H3. The average Bonchev–Trinajstić information content (AvgIpc) is 2.31. The molecule has 0 aromatic heterocycles. The topological polar surface area (TPSA) is 46.2 Å². The third kappa shape index (κ3) is 8.02. The lowest BCUT2D eigenvalue weighted by Gasteiger charge is -2.19. The zero-order chi connectivity index (χ0) is 15.2. The molecule has 1 unspecified atom stereocenters. The van der Waals surface area contributed by atoms with Crippen molar-refractivity contribution in [2.45, 2.75) is 32.7 Å². The van der Waals surface area contributed by atoms with Gasteiger partial charge in [0, 0.05) is 16.8 Å². The molecule has 0 fully saturated rings. The van der Waals surface area contributed by atoms with E-state index in [-0.39, 0.29) is 5.75 Å². The molecule has 0 spiro atoms. The Morgan fingerprint density at radius 3 is 2.55 bits per heavy atom. The summed E-state index contributed by atoms with van der Waals surface area (Å²) in [6, 6.07) is 8.62. The van der Waals surface area contributed by atoms with Gasteiger partial charge in [-0.3, -0.25) is 0 Å². The van der Waals surface area contributed by atoms with Crippen LogP contribution in [0.4, 0.5) is 0 Å². The summed E-state index contributed by atoms with van der Waals surface area (Å²) in [5.74, 6) is 0.590. The zero-order valence-corrected chi connectivity index (χ0v) is 14.8. The highest BCUT2D eigenvalue weighted by Crippen LogP contribution is 2.17. The van der Waals surface area contributed by atoms with Crippen LogP contribution in [0.1, 0.15) is 25.8 Å². The summed E-state index contributed by atoms with van der Waals surface area (Å²) < 4.78 is 23.8. The molecule has 0 saturated heterocycles. The Labute approximate surface area is 131 Å². The number of benzene rings is 1. The Kier molecular flexibility index (Phi) is 7.20. The van der Waals surface area contributed by atoms with Gasteiger partial charge in [-0.25, -0.2) is 8.42 Å². The summed E-state index contributed by atoms with van der Waals surface area (Å²) >= 11 is 3.47. The Morgan fingerprint density at radius 1 is 1.30 bits per heavy atom. The number of sulfone groups is 1. The van der Waals surface area contributed by atoms with E-state index in [4.69, 9.17) is 0 Å². The molecule has 114 valence electrons. The second-order valence-electron chi connectivity index (χ2n) is 5.68. The van der Waals surface area contributed by atoms with Crippen molar-refractivity contribution in [3.63, 3.8) is 0 Å². The molecular weight excluding hydrogens is 338 g/mol. The summed E-state index contributed by atoms with van der Waals surface area (Å²) in [4.78, 5) is 0. The van der Waals surface area contributed by atoms with Crippen molar-refractivity contribution in [1.82, 2.24) is 5.32 Å². The van der Waals surface area contributed by atoms with Crippen LogP contribution in [0.5, 0.6) is 0 Å². The summed E-state index contributed by atoms with van der Waals surface area (Å²) in [5, 5.41) is 3.41. The number of nitrogens with one attached hydrogen (secondary N) is 1. The van der Waals surface area contributed by atoms with Crippen LogP contribution in [0.3, 0.4) is 0 Å². The summed E-state index contributed by atoms with van der Waals surface area (Å²) in [6.45, 7) is 5.05. The van der Waals surface area contributed by atoms with Crippen LogP contribution in [-0.4, -0.2) is 33.0 Å². The molecule has 1 aromatic carbocycles. The number of hydrogen-bond acceptors (Lipinski definition) is 3. The molecule has 0 aliphatic carbocycles. The third-order valence-corrected chi connectivity index (χ3v) is 4.60. The van der Waals surface area contributed by atoms with Crippen LogP contribution in [0, 0.1) is 5.92 Å². The molecule has 1 N–H and O–H groups in total. The van der Waals surface area contributed by atoms with Crippen molar-refractivity contribution in [1.29, 1.82) is 0 Å². The fourth-order valence-electron chi connectivity index (χ4n) is 2.06. The molecule has 0 heterocycles. The maximum absolute atomic E-state index is 11.4. The normalized spacial score (nSPS) is 13.7. The quantitative estimate of drug-likeness (QED) is 0.773. The molecule has 1 rings (SSSR count). The fourth-order valence-corrected chi connectivity index (χ4v) is 3.26. The molecule has 0 bridgehead atoms. The van der Waals surface area contributed by atoms with Gasteiger partial charge in [0.25, 0.3) is 0 Å². The second-order valence-corrected chi connectivity index (χ2v) is 8.86. The van der Waals surface area contributed by atoms with Gasteiger partial charge >= 0.3 is 0 Å². The highest BCUT2D eigenvalue weighted by Gasteiger charge is 2.14. The van der Waals surface area contributed by atoms with Gasteiger partial charge in [0.2, 0.25) is 0 Å². The SMILES string of the molecule is CC(C)NCC(CCS(C)(=O)=O)Cc1cccc(Br)c1. The van der Waals surface area contributed by atoms with Crippen LogP contribution >= 0.6 is 15.9 Å². The molecule has 0 aliphatic rings. The lowest BCUT2D eigenvalue weighted by atomic mass is 9.96. The molecule has 1 atom stereocenters. The van der Waals surface area contributed by atoms with Gasteiger partial charge in [0.1, 0.15) is 9.84 Å².